The van der Waals surface area contributed by atoms with Gasteiger partial charge < -0.3 is 11.1 Å². The van der Waals surface area contributed by atoms with Crippen molar-refractivity contribution in [2.24, 2.45) is 0 Å². The van der Waals surface area contributed by atoms with Gasteiger partial charge in [0, 0.05) is 17.8 Å². The van der Waals surface area contributed by atoms with Gasteiger partial charge in [-0.15, -0.1) is 0 Å². The van der Waals surface area contributed by atoms with Crippen molar-refractivity contribution in [2.75, 3.05) is 11.1 Å². The van der Waals surface area contributed by atoms with Crippen molar-refractivity contribution in [3.8, 4) is 0 Å². The number of halogens is 1. The van der Waals surface area contributed by atoms with E-state index in [0.29, 0.717) is 11.4 Å². The van der Waals surface area contributed by atoms with Crippen molar-refractivity contribution in [1.29, 1.82) is 0 Å². The van der Waals surface area contributed by atoms with Crippen molar-refractivity contribution in [3.63, 3.8) is 0 Å². The SMILES string of the molecule is Cc1cc(F)ccc1Nc1ccc([N+](=O)[O-])cc1N. The van der Waals surface area contributed by atoms with Crippen LogP contribution in [0, 0.1) is 22.9 Å². The lowest BCUT2D eigenvalue weighted by Crippen LogP contribution is -1.99. The Kier molecular flexibility index (Phi) is 3.33. The topological polar surface area (TPSA) is 81.2 Å². The summed E-state index contributed by atoms with van der Waals surface area (Å²) in [4.78, 5) is 10.1. The predicted molar refractivity (Wildman–Crippen MR) is 71.9 cm³/mol. The molecule has 0 unspecified atom stereocenters. The minimum atomic E-state index is -0.511. The summed E-state index contributed by atoms with van der Waals surface area (Å²) in [5.41, 5.74) is 7.90. The highest BCUT2D eigenvalue weighted by Gasteiger charge is 2.09. The molecule has 5 nitrogen and oxygen atoms in total. The molecule has 2 aromatic rings. The number of nitro groups is 1. The van der Waals surface area contributed by atoms with E-state index in [0.717, 1.165) is 5.56 Å². The minimum absolute atomic E-state index is 0.0705. The van der Waals surface area contributed by atoms with Gasteiger partial charge in [-0.3, -0.25) is 10.1 Å². The Labute approximate surface area is 109 Å². The second-order valence-corrected chi connectivity index (χ2v) is 4.11. The van der Waals surface area contributed by atoms with Crippen LogP contribution in [-0.2, 0) is 0 Å². The van der Waals surface area contributed by atoms with Crippen LogP contribution >= 0.6 is 0 Å². The van der Waals surface area contributed by atoms with Crippen LogP contribution in [0.25, 0.3) is 0 Å². The van der Waals surface area contributed by atoms with Gasteiger partial charge in [-0.05, 0) is 36.8 Å². The number of nitrogens with two attached hydrogens (primary N) is 1. The Balaban J connectivity index is 2.31. The Morgan fingerprint density at radius 2 is 1.89 bits per heavy atom. The standard InChI is InChI=1S/C13H12FN3O2/c1-8-6-9(14)2-4-12(8)16-13-5-3-10(17(18)19)7-11(13)15/h2-7,16H,15H2,1H3. The van der Waals surface area contributed by atoms with E-state index in [4.69, 9.17) is 5.73 Å². The molecule has 0 radical (unpaired) electrons. The molecule has 0 aromatic heterocycles. The minimum Gasteiger partial charge on any atom is -0.397 e. The Morgan fingerprint density at radius 3 is 2.47 bits per heavy atom. The molecule has 6 heteroatoms. The van der Waals surface area contributed by atoms with Gasteiger partial charge in [-0.2, -0.15) is 0 Å². The number of aryl methyl sites for hydroxylation is 1. The number of non-ortho nitro benzene ring substituents is 1. The van der Waals surface area contributed by atoms with E-state index in [1.165, 1.54) is 30.3 Å². The summed E-state index contributed by atoms with van der Waals surface area (Å²) in [5, 5.41) is 13.6. The number of rotatable bonds is 3. The van der Waals surface area contributed by atoms with E-state index in [9.17, 15) is 14.5 Å². The molecule has 3 N–H and O–H groups in total. The van der Waals surface area contributed by atoms with Crippen molar-refractivity contribution < 1.29 is 9.31 Å². The quantitative estimate of drug-likeness (QED) is 0.504. The van der Waals surface area contributed by atoms with E-state index in [-0.39, 0.29) is 17.2 Å². The summed E-state index contributed by atoms with van der Waals surface area (Å²) in [5.74, 6) is -0.320. The molecular weight excluding hydrogens is 249 g/mol. The molecule has 0 aliphatic heterocycles. The number of nitrogens with zero attached hydrogens (tertiary/aromatic N) is 1. The first-order valence-corrected chi connectivity index (χ1v) is 5.54. The molecule has 0 aliphatic carbocycles. The van der Waals surface area contributed by atoms with Gasteiger partial charge in [0.1, 0.15) is 5.82 Å². The average Bonchev–Trinajstić information content (AvgIpc) is 2.34. The van der Waals surface area contributed by atoms with Crippen LogP contribution in [0.4, 0.5) is 27.1 Å². The molecule has 0 spiro atoms. The van der Waals surface area contributed by atoms with Gasteiger partial charge in [0.2, 0.25) is 0 Å². The van der Waals surface area contributed by atoms with Crippen molar-refractivity contribution in [2.45, 2.75) is 6.92 Å². The van der Waals surface area contributed by atoms with Crippen molar-refractivity contribution in [3.05, 3.63) is 57.9 Å². The molecule has 0 amide bonds. The summed E-state index contributed by atoms with van der Waals surface area (Å²) >= 11 is 0. The first-order chi connectivity index (χ1) is 8.97. The number of benzene rings is 2. The molecule has 0 saturated carbocycles. The van der Waals surface area contributed by atoms with Crippen LogP contribution in [-0.4, -0.2) is 4.92 Å². The first-order valence-electron chi connectivity index (χ1n) is 5.54. The highest BCUT2D eigenvalue weighted by atomic mass is 19.1. The van der Waals surface area contributed by atoms with Crippen molar-refractivity contribution in [1.82, 2.24) is 0 Å². The Morgan fingerprint density at radius 1 is 1.21 bits per heavy atom. The number of nitrogens with one attached hydrogen (secondary N) is 1. The summed E-state index contributed by atoms with van der Waals surface area (Å²) in [7, 11) is 0. The van der Waals surface area contributed by atoms with Gasteiger partial charge in [0.15, 0.2) is 0 Å². The molecular formula is C13H12FN3O2. The van der Waals surface area contributed by atoms with Crippen LogP contribution in [0.1, 0.15) is 5.56 Å². The molecule has 0 aliphatic rings. The molecule has 2 aromatic carbocycles. The zero-order valence-electron chi connectivity index (χ0n) is 10.2. The lowest BCUT2D eigenvalue weighted by atomic mass is 10.1. The summed E-state index contributed by atoms with van der Waals surface area (Å²) in [6.07, 6.45) is 0. The van der Waals surface area contributed by atoms with E-state index in [2.05, 4.69) is 5.32 Å². The van der Waals surface area contributed by atoms with Crippen molar-refractivity contribution >= 4 is 22.7 Å². The van der Waals surface area contributed by atoms with E-state index in [1.807, 2.05) is 0 Å². The Bertz CT molecular complexity index is 644. The van der Waals surface area contributed by atoms with E-state index in [1.54, 1.807) is 13.0 Å². The lowest BCUT2D eigenvalue weighted by Gasteiger charge is -2.11. The van der Waals surface area contributed by atoms with Gasteiger partial charge in [0.25, 0.3) is 5.69 Å². The van der Waals surface area contributed by atoms with E-state index < -0.39 is 4.92 Å². The van der Waals surface area contributed by atoms with Crippen LogP contribution < -0.4 is 11.1 Å². The second kappa shape index (κ2) is 4.93. The van der Waals surface area contributed by atoms with Crippen LogP contribution in [0.2, 0.25) is 0 Å². The molecule has 98 valence electrons. The zero-order chi connectivity index (χ0) is 14.0. The number of nitrogen functional groups attached to an aromatic ring is 1. The normalized spacial score (nSPS) is 10.2. The Hall–Kier alpha value is -2.63. The van der Waals surface area contributed by atoms with E-state index >= 15 is 0 Å². The predicted octanol–water partition coefficient (Wildman–Crippen LogP) is 3.37. The fourth-order valence-corrected chi connectivity index (χ4v) is 1.69. The van der Waals surface area contributed by atoms with Gasteiger partial charge >= 0.3 is 0 Å². The summed E-state index contributed by atoms with van der Waals surface area (Å²) < 4.78 is 13.0. The number of anilines is 3. The summed E-state index contributed by atoms with van der Waals surface area (Å²) in [6.45, 7) is 1.76. The molecule has 0 atom stereocenters. The number of hydrogen-bond acceptors (Lipinski definition) is 4. The maximum atomic E-state index is 13.0. The number of hydrogen-bond donors (Lipinski definition) is 2. The maximum Gasteiger partial charge on any atom is 0.271 e. The third kappa shape index (κ3) is 2.79. The van der Waals surface area contributed by atoms with Crippen LogP contribution in [0.5, 0.6) is 0 Å². The molecule has 19 heavy (non-hydrogen) atoms. The van der Waals surface area contributed by atoms with Gasteiger partial charge in [-0.1, -0.05) is 0 Å². The van der Waals surface area contributed by atoms with Crippen LogP contribution in [0.3, 0.4) is 0 Å². The molecule has 2 rings (SSSR count). The number of nitro benzene ring substituents is 1. The summed E-state index contributed by atoms with van der Waals surface area (Å²) in [6, 6.07) is 8.47. The van der Waals surface area contributed by atoms with Gasteiger partial charge in [-0.25, -0.2) is 4.39 Å². The monoisotopic (exact) mass is 261 g/mol. The zero-order valence-corrected chi connectivity index (χ0v) is 10.2. The molecule has 0 bridgehead atoms. The molecule has 0 saturated heterocycles. The smallest absolute Gasteiger partial charge is 0.271 e. The molecule has 0 fully saturated rings. The molecule has 0 heterocycles. The lowest BCUT2D eigenvalue weighted by molar-refractivity contribution is -0.384. The fraction of sp³-hybridized carbons (Fsp3) is 0.0769. The fourth-order valence-electron chi connectivity index (χ4n) is 1.69. The van der Waals surface area contributed by atoms with Crippen LogP contribution in [0.15, 0.2) is 36.4 Å². The van der Waals surface area contributed by atoms with Gasteiger partial charge in [0.05, 0.1) is 16.3 Å². The third-order valence-corrected chi connectivity index (χ3v) is 2.70. The largest absolute Gasteiger partial charge is 0.397 e. The maximum absolute atomic E-state index is 13.0. The highest BCUT2D eigenvalue weighted by Crippen LogP contribution is 2.28. The first kappa shape index (κ1) is 12.8. The average molecular weight is 261 g/mol. The third-order valence-electron chi connectivity index (χ3n) is 2.70. The highest BCUT2D eigenvalue weighted by molar-refractivity contribution is 5.75. The second-order valence-electron chi connectivity index (χ2n) is 4.11.